The van der Waals surface area contributed by atoms with Crippen LogP contribution in [-0.2, 0) is 10.1 Å². The summed E-state index contributed by atoms with van der Waals surface area (Å²) in [6.07, 6.45) is 0. The summed E-state index contributed by atoms with van der Waals surface area (Å²) >= 11 is 10.8. The second-order valence-electron chi connectivity index (χ2n) is 2.21. The molecule has 0 unspecified atom stereocenters. The summed E-state index contributed by atoms with van der Waals surface area (Å²) in [6, 6.07) is 1.80. The number of aromatic hydroxyl groups is 1. The van der Waals surface area contributed by atoms with Crippen molar-refractivity contribution in [2.75, 3.05) is 0 Å². The molecule has 0 saturated carbocycles. The van der Waals surface area contributed by atoms with Crippen LogP contribution < -0.4 is 0 Å². The van der Waals surface area contributed by atoms with Gasteiger partial charge in [0.05, 0.1) is 14.9 Å². The first kappa shape index (κ1) is 14.5. The van der Waals surface area contributed by atoms with Crippen molar-refractivity contribution in [3.8, 4) is 5.75 Å². The summed E-state index contributed by atoms with van der Waals surface area (Å²) in [6.45, 7) is 0. The Morgan fingerprint density at radius 3 is 1.79 bits per heavy atom. The van der Waals surface area contributed by atoms with Crippen molar-refractivity contribution in [2.24, 2.45) is 0 Å². The Balaban J connectivity index is 0.00000169. The van der Waals surface area contributed by atoms with Gasteiger partial charge in [0.1, 0.15) is 0 Å². The van der Waals surface area contributed by atoms with Crippen LogP contribution in [0.25, 0.3) is 0 Å². The fourth-order valence-electron chi connectivity index (χ4n) is 0.691. The van der Waals surface area contributed by atoms with Crippen molar-refractivity contribution in [1.29, 1.82) is 0 Å². The van der Waals surface area contributed by atoms with Gasteiger partial charge >= 0.3 is 29.6 Å². The predicted molar refractivity (Wildman–Crippen MR) is 55.1 cm³/mol. The molecular formula is C6H5Cl2NaO4S. The number of halogens is 2. The van der Waals surface area contributed by atoms with Gasteiger partial charge in [-0.3, -0.25) is 4.55 Å². The molecule has 8 heteroatoms. The molecule has 74 valence electrons. The molecule has 1 aromatic carbocycles. The van der Waals surface area contributed by atoms with Gasteiger partial charge < -0.3 is 5.11 Å². The molecule has 4 nitrogen and oxygen atoms in total. The molecular weight excluding hydrogens is 262 g/mol. The predicted octanol–water partition coefficient (Wildman–Crippen LogP) is 1.30. The van der Waals surface area contributed by atoms with Crippen LogP contribution in [0.4, 0.5) is 0 Å². The van der Waals surface area contributed by atoms with Gasteiger partial charge in [-0.1, -0.05) is 23.2 Å². The Kier molecular flexibility index (Phi) is 5.21. The number of phenols is 1. The summed E-state index contributed by atoms with van der Waals surface area (Å²) in [5.74, 6) is -0.421. The van der Waals surface area contributed by atoms with Crippen LogP contribution in [0.1, 0.15) is 0 Å². The molecule has 14 heavy (non-hydrogen) atoms. The van der Waals surface area contributed by atoms with E-state index in [-0.39, 0.29) is 39.6 Å². The second kappa shape index (κ2) is 5.03. The third-order valence-corrected chi connectivity index (χ3v) is 2.70. The van der Waals surface area contributed by atoms with Crippen molar-refractivity contribution in [3.05, 3.63) is 22.2 Å². The molecule has 0 aliphatic rings. The van der Waals surface area contributed by atoms with E-state index in [9.17, 15) is 8.42 Å². The summed E-state index contributed by atoms with van der Waals surface area (Å²) in [7, 11) is -4.34. The fraction of sp³-hybridized carbons (Fsp3) is 0. The van der Waals surface area contributed by atoms with Crippen LogP contribution in [0.3, 0.4) is 0 Å². The average molecular weight is 267 g/mol. The van der Waals surface area contributed by atoms with Crippen LogP contribution in [0.2, 0.25) is 10.0 Å². The standard InChI is InChI=1S/C6H4Cl2O4S.Na.H/c7-4-1-3(13(10,11)12)2-5(8)6(4)9;;/h1-2,9H,(H,10,11,12);;. The molecule has 2 N–H and O–H groups in total. The van der Waals surface area contributed by atoms with Crippen LogP contribution in [0.5, 0.6) is 5.75 Å². The second-order valence-corrected chi connectivity index (χ2v) is 4.45. The molecule has 0 atom stereocenters. The minimum atomic E-state index is -4.34. The molecule has 0 saturated heterocycles. The molecule has 0 amide bonds. The number of rotatable bonds is 1. The first-order chi connectivity index (χ1) is 5.82. The summed E-state index contributed by atoms with van der Waals surface area (Å²) in [5, 5.41) is 8.58. The number of benzene rings is 1. The van der Waals surface area contributed by atoms with Crippen molar-refractivity contribution < 1.29 is 18.1 Å². The number of hydrogen-bond donors (Lipinski definition) is 2. The first-order valence-electron chi connectivity index (χ1n) is 2.98. The van der Waals surface area contributed by atoms with Crippen molar-refractivity contribution >= 4 is 62.9 Å². The van der Waals surface area contributed by atoms with Gasteiger partial charge in [-0.25, -0.2) is 0 Å². The molecule has 0 aromatic heterocycles. The summed E-state index contributed by atoms with van der Waals surface area (Å²) < 4.78 is 29.8. The fourth-order valence-corrected chi connectivity index (χ4v) is 1.84. The third-order valence-electron chi connectivity index (χ3n) is 1.29. The zero-order valence-electron chi connectivity index (χ0n) is 6.03. The minimum absolute atomic E-state index is 0. The van der Waals surface area contributed by atoms with E-state index in [4.69, 9.17) is 32.9 Å². The third kappa shape index (κ3) is 3.27. The van der Waals surface area contributed by atoms with Gasteiger partial charge in [-0.15, -0.1) is 0 Å². The topological polar surface area (TPSA) is 74.6 Å². The summed E-state index contributed by atoms with van der Waals surface area (Å²) in [5.41, 5.74) is 0. The van der Waals surface area contributed by atoms with Crippen LogP contribution in [0, 0.1) is 0 Å². The van der Waals surface area contributed by atoms with Crippen LogP contribution >= 0.6 is 23.2 Å². The molecule has 0 fully saturated rings. The van der Waals surface area contributed by atoms with Crippen molar-refractivity contribution in [2.45, 2.75) is 4.90 Å². The molecule has 1 aromatic rings. The Labute approximate surface area is 113 Å². The van der Waals surface area contributed by atoms with E-state index in [0.29, 0.717) is 0 Å². The molecule has 1 rings (SSSR count). The first-order valence-corrected chi connectivity index (χ1v) is 5.17. The average Bonchev–Trinajstić information content (AvgIpc) is 1.97. The van der Waals surface area contributed by atoms with Gasteiger partial charge in [0.2, 0.25) is 0 Å². The van der Waals surface area contributed by atoms with E-state index in [1.807, 2.05) is 0 Å². The Morgan fingerprint density at radius 1 is 1.14 bits per heavy atom. The molecule has 0 heterocycles. The van der Waals surface area contributed by atoms with Gasteiger partial charge in [0.15, 0.2) is 5.75 Å². The van der Waals surface area contributed by atoms with Gasteiger partial charge in [-0.05, 0) is 12.1 Å². The molecule has 0 aliphatic heterocycles. The number of hydrogen-bond acceptors (Lipinski definition) is 3. The van der Waals surface area contributed by atoms with Gasteiger partial charge in [0, 0.05) is 0 Å². The number of phenolic OH excluding ortho intramolecular Hbond substituents is 1. The maximum absolute atomic E-state index is 10.6. The van der Waals surface area contributed by atoms with E-state index < -0.39 is 20.8 Å². The molecule has 0 aliphatic carbocycles. The van der Waals surface area contributed by atoms with E-state index in [1.165, 1.54) is 0 Å². The van der Waals surface area contributed by atoms with Crippen molar-refractivity contribution in [1.82, 2.24) is 0 Å². The Bertz CT molecular complexity index is 422. The van der Waals surface area contributed by atoms with Crippen LogP contribution in [-0.4, -0.2) is 47.6 Å². The van der Waals surface area contributed by atoms with Crippen molar-refractivity contribution in [3.63, 3.8) is 0 Å². The molecule has 0 bridgehead atoms. The van der Waals surface area contributed by atoms with E-state index >= 15 is 0 Å². The van der Waals surface area contributed by atoms with Gasteiger partial charge in [0.25, 0.3) is 10.1 Å². The SMILES string of the molecule is O=S(=O)(O)c1cc(Cl)c(O)c(Cl)c1.[NaH]. The van der Waals surface area contributed by atoms with E-state index in [0.717, 1.165) is 12.1 Å². The zero-order chi connectivity index (χ0) is 10.2. The van der Waals surface area contributed by atoms with Gasteiger partial charge in [-0.2, -0.15) is 8.42 Å². The maximum atomic E-state index is 10.6. The Morgan fingerprint density at radius 2 is 1.50 bits per heavy atom. The quantitative estimate of drug-likeness (QED) is 0.594. The van der Waals surface area contributed by atoms with E-state index in [2.05, 4.69) is 0 Å². The Hall–Kier alpha value is 0.510. The molecule has 0 radical (unpaired) electrons. The normalized spacial score (nSPS) is 10.8. The monoisotopic (exact) mass is 266 g/mol. The molecule has 0 spiro atoms. The summed E-state index contributed by atoms with van der Waals surface area (Å²) in [4.78, 5) is -0.458. The van der Waals surface area contributed by atoms with E-state index in [1.54, 1.807) is 0 Å². The van der Waals surface area contributed by atoms with Crippen LogP contribution in [0.15, 0.2) is 17.0 Å². The zero-order valence-corrected chi connectivity index (χ0v) is 8.36.